The van der Waals surface area contributed by atoms with Crippen LogP contribution < -0.4 is 5.32 Å². The van der Waals surface area contributed by atoms with Crippen molar-refractivity contribution in [2.45, 2.75) is 33.2 Å². The third kappa shape index (κ3) is 4.57. The molecule has 17 heavy (non-hydrogen) atoms. The van der Waals surface area contributed by atoms with E-state index in [1.807, 2.05) is 18.2 Å². The monoisotopic (exact) mass is 235 g/mol. The van der Waals surface area contributed by atoms with Gasteiger partial charge in [0.25, 0.3) is 0 Å². The first-order valence-corrected chi connectivity index (χ1v) is 5.91. The Morgan fingerprint density at radius 3 is 2.35 bits per heavy atom. The van der Waals surface area contributed by atoms with E-state index in [2.05, 4.69) is 38.2 Å². The van der Waals surface area contributed by atoms with Crippen LogP contribution in [0.1, 0.15) is 38.8 Å². The zero-order valence-electron chi connectivity index (χ0n) is 10.7. The predicted octanol–water partition coefficient (Wildman–Crippen LogP) is 2.84. The Labute approximate surface area is 103 Å². The summed E-state index contributed by atoms with van der Waals surface area (Å²) in [5.41, 5.74) is 1.25. The second kappa shape index (κ2) is 5.82. The van der Waals surface area contributed by atoms with Crippen LogP contribution in [0.4, 0.5) is 0 Å². The summed E-state index contributed by atoms with van der Waals surface area (Å²) >= 11 is 0. The molecule has 2 N–H and O–H groups in total. The molecule has 0 aliphatic heterocycles. The van der Waals surface area contributed by atoms with Gasteiger partial charge in [-0.05, 0) is 11.0 Å². The number of nitrogens with one attached hydrogen (secondary N) is 1. The molecular formula is C14H21NO2. The highest BCUT2D eigenvalue weighted by Gasteiger charge is 2.25. The lowest BCUT2D eigenvalue weighted by atomic mass is 9.82. The van der Waals surface area contributed by atoms with E-state index in [4.69, 9.17) is 5.11 Å². The van der Waals surface area contributed by atoms with Crippen LogP contribution >= 0.6 is 0 Å². The van der Waals surface area contributed by atoms with Crippen molar-refractivity contribution in [1.29, 1.82) is 0 Å². The molecule has 0 aromatic heterocycles. The summed E-state index contributed by atoms with van der Waals surface area (Å²) < 4.78 is 0. The van der Waals surface area contributed by atoms with Gasteiger partial charge in [0.15, 0.2) is 0 Å². The fourth-order valence-corrected chi connectivity index (χ4v) is 1.89. The predicted molar refractivity (Wildman–Crippen MR) is 68.9 cm³/mol. The first-order valence-electron chi connectivity index (χ1n) is 5.91. The summed E-state index contributed by atoms with van der Waals surface area (Å²) in [6, 6.07) is 10.3. The van der Waals surface area contributed by atoms with Crippen LogP contribution in [-0.4, -0.2) is 17.6 Å². The van der Waals surface area contributed by atoms with Crippen molar-refractivity contribution in [3.05, 3.63) is 35.9 Å². The third-order valence-electron chi connectivity index (χ3n) is 2.69. The standard InChI is InChI=1S/C14H21NO2/c1-14(2,3)13(15-10-9-12(16)17)11-7-5-4-6-8-11/h4-8,13,15H,9-10H2,1-3H3,(H,16,17). The molecule has 0 aliphatic carbocycles. The lowest BCUT2D eigenvalue weighted by molar-refractivity contribution is -0.136. The lowest BCUT2D eigenvalue weighted by Crippen LogP contribution is -2.33. The van der Waals surface area contributed by atoms with Crippen molar-refractivity contribution in [3.63, 3.8) is 0 Å². The zero-order chi connectivity index (χ0) is 12.9. The third-order valence-corrected chi connectivity index (χ3v) is 2.69. The van der Waals surface area contributed by atoms with Crippen molar-refractivity contribution >= 4 is 5.97 Å². The second-order valence-corrected chi connectivity index (χ2v) is 5.31. The summed E-state index contributed by atoms with van der Waals surface area (Å²) in [6.07, 6.45) is 0.152. The molecule has 0 heterocycles. The number of aliphatic carboxylic acids is 1. The molecule has 3 nitrogen and oxygen atoms in total. The Kier molecular flexibility index (Phi) is 4.70. The quantitative estimate of drug-likeness (QED) is 0.825. The summed E-state index contributed by atoms with van der Waals surface area (Å²) in [6.45, 7) is 6.95. The zero-order valence-corrected chi connectivity index (χ0v) is 10.7. The Balaban J connectivity index is 2.72. The molecule has 3 heteroatoms. The van der Waals surface area contributed by atoms with Crippen LogP contribution in [0.3, 0.4) is 0 Å². The summed E-state index contributed by atoms with van der Waals surface area (Å²) in [5.74, 6) is -0.766. The number of carbonyl (C=O) groups is 1. The summed E-state index contributed by atoms with van der Waals surface area (Å²) in [4.78, 5) is 10.5. The van der Waals surface area contributed by atoms with Crippen LogP contribution in [0.2, 0.25) is 0 Å². The molecule has 1 unspecified atom stereocenters. The van der Waals surface area contributed by atoms with Crippen molar-refractivity contribution < 1.29 is 9.90 Å². The van der Waals surface area contributed by atoms with E-state index >= 15 is 0 Å². The molecule has 0 radical (unpaired) electrons. The van der Waals surface area contributed by atoms with Gasteiger partial charge in [-0.15, -0.1) is 0 Å². The van der Waals surface area contributed by atoms with E-state index in [0.717, 1.165) is 0 Å². The number of hydrogen-bond acceptors (Lipinski definition) is 2. The highest BCUT2D eigenvalue weighted by Crippen LogP contribution is 2.32. The van der Waals surface area contributed by atoms with E-state index in [1.54, 1.807) is 0 Å². The average Bonchev–Trinajstić information content (AvgIpc) is 2.23. The minimum Gasteiger partial charge on any atom is -0.481 e. The molecule has 0 fully saturated rings. The fourth-order valence-electron chi connectivity index (χ4n) is 1.89. The molecule has 94 valence electrons. The van der Waals surface area contributed by atoms with Gasteiger partial charge in [-0.2, -0.15) is 0 Å². The van der Waals surface area contributed by atoms with E-state index in [0.29, 0.717) is 6.54 Å². The molecule has 1 aromatic rings. The van der Waals surface area contributed by atoms with Gasteiger partial charge in [-0.3, -0.25) is 4.79 Å². The van der Waals surface area contributed by atoms with Gasteiger partial charge in [0, 0.05) is 12.6 Å². The molecule has 0 spiro atoms. The Bertz CT molecular complexity index is 354. The van der Waals surface area contributed by atoms with Gasteiger partial charge in [0.1, 0.15) is 0 Å². The highest BCUT2D eigenvalue weighted by atomic mass is 16.4. The average molecular weight is 235 g/mol. The molecule has 0 aliphatic rings. The molecule has 1 rings (SSSR count). The molecule has 0 saturated carbocycles. The first kappa shape index (κ1) is 13.7. The topological polar surface area (TPSA) is 49.3 Å². The molecule has 1 atom stereocenters. The van der Waals surface area contributed by atoms with Crippen molar-refractivity contribution in [2.24, 2.45) is 5.41 Å². The number of rotatable bonds is 5. The van der Waals surface area contributed by atoms with Crippen molar-refractivity contribution in [3.8, 4) is 0 Å². The van der Waals surface area contributed by atoms with Gasteiger partial charge in [0.05, 0.1) is 6.42 Å². The van der Waals surface area contributed by atoms with Crippen molar-refractivity contribution in [2.75, 3.05) is 6.54 Å². The van der Waals surface area contributed by atoms with Gasteiger partial charge < -0.3 is 10.4 Å². The maximum absolute atomic E-state index is 10.5. The number of carboxylic acids is 1. The molecule has 0 saturated heterocycles. The van der Waals surface area contributed by atoms with Gasteiger partial charge in [-0.1, -0.05) is 51.1 Å². The molecule has 1 aromatic carbocycles. The minimum absolute atomic E-state index is 0.0554. The van der Waals surface area contributed by atoms with Gasteiger partial charge >= 0.3 is 5.97 Å². The summed E-state index contributed by atoms with van der Waals surface area (Å²) in [5, 5.41) is 12.0. The van der Waals surface area contributed by atoms with Crippen LogP contribution in [0.5, 0.6) is 0 Å². The van der Waals surface area contributed by atoms with E-state index in [1.165, 1.54) is 5.56 Å². The van der Waals surface area contributed by atoms with Gasteiger partial charge in [-0.25, -0.2) is 0 Å². The number of hydrogen-bond donors (Lipinski definition) is 2. The van der Waals surface area contributed by atoms with Crippen LogP contribution in [-0.2, 0) is 4.79 Å². The maximum Gasteiger partial charge on any atom is 0.304 e. The fraction of sp³-hybridized carbons (Fsp3) is 0.500. The number of benzene rings is 1. The summed E-state index contributed by atoms with van der Waals surface area (Å²) in [7, 11) is 0. The first-order chi connectivity index (χ1) is 7.91. The lowest BCUT2D eigenvalue weighted by Gasteiger charge is -2.32. The maximum atomic E-state index is 10.5. The van der Waals surface area contributed by atoms with Crippen LogP contribution in [0.15, 0.2) is 30.3 Å². The van der Waals surface area contributed by atoms with Crippen LogP contribution in [0.25, 0.3) is 0 Å². The Hall–Kier alpha value is -1.35. The van der Waals surface area contributed by atoms with Crippen molar-refractivity contribution in [1.82, 2.24) is 5.32 Å². The molecular weight excluding hydrogens is 214 g/mol. The molecule has 0 bridgehead atoms. The van der Waals surface area contributed by atoms with E-state index in [-0.39, 0.29) is 17.9 Å². The Morgan fingerprint density at radius 1 is 1.29 bits per heavy atom. The normalized spacial score (nSPS) is 13.4. The van der Waals surface area contributed by atoms with E-state index in [9.17, 15) is 4.79 Å². The van der Waals surface area contributed by atoms with Gasteiger partial charge in [0.2, 0.25) is 0 Å². The Morgan fingerprint density at radius 2 is 1.88 bits per heavy atom. The minimum atomic E-state index is -0.766. The molecule has 0 amide bonds. The highest BCUT2D eigenvalue weighted by molar-refractivity contribution is 5.66. The second-order valence-electron chi connectivity index (χ2n) is 5.31. The SMILES string of the molecule is CC(C)(C)C(NCCC(=O)O)c1ccccc1. The number of carboxylic acid groups (broad SMARTS) is 1. The largest absolute Gasteiger partial charge is 0.481 e. The smallest absolute Gasteiger partial charge is 0.304 e. The van der Waals surface area contributed by atoms with Crippen LogP contribution in [0, 0.1) is 5.41 Å². The van der Waals surface area contributed by atoms with E-state index < -0.39 is 5.97 Å².